The standard InChI is InChI=1S/C23H26N4O3/c1-15-17(3-4-19-20(15)14-29-23(19)28)6-9-27-10-7-18(8-11-27)24-13-16-2-5-21-22(12-16)26-30-25-21/h2-5,12,18,24H,6-11,13-14H2,1H3. The molecule has 0 unspecified atom stereocenters. The van der Waals surface area contributed by atoms with Gasteiger partial charge in [-0.1, -0.05) is 12.1 Å². The zero-order valence-corrected chi connectivity index (χ0v) is 17.2. The predicted molar refractivity (Wildman–Crippen MR) is 112 cm³/mol. The van der Waals surface area contributed by atoms with Crippen molar-refractivity contribution in [1.29, 1.82) is 0 Å². The number of cyclic esters (lactones) is 1. The molecule has 0 bridgehead atoms. The molecule has 2 aliphatic rings. The Balaban J connectivity index is 1.09. The van der Waals surface area contributed by atoms with Gasteiger partial charge in [0.1, 0.15) is 17.6 Å². The number of fused-ring (bicyclic) bond motifs is 2. The summed E-state index contributed by atoms with van der Waals surface area (Å²) in [5.41, 5.74) is 7.16. The number of hydrogen-bond donors (Lipinski definition) is 1. The van der Waals surface area contributed by atoms with Gasteiger partial charge in [0.25, 0.3) is 0 Å². The molecule has 3 heterocycles. The fourth-order valence-corrected chi connectivity index (χ4v) is 4.51. The summed E-state index contributed by atoms with van der Waals surface area (Å²) in [6.45, 7) is 6.63. The molecule has 1 N–H and O–H groups in total. The normalized spacial score (nSPS) is 17.4. The number of likely N-dealkylation sites (tertiary alicyclic amines) is 1. The third-order valence-electron chi connectivity index (χ3n) is 6.48. The zero-order chi connectivity index (χ0) is 20.5. The number of piperidine rings is 1. The van der Waals surface area contributed by atoms with Crippen LogP contribution in [0.1, 0.15) is 45.5 Å². The summed E-state index contributed by atoms with van der Waals surface area (Å²) in [7, 11) is 0. The van der Waals surface area contributed by atoms with E-state index in [1.807, 2.05) is 18.2 Å². The van der Waals surface area contributed by atoms with E-state index in [1.54, 1.807) is 0 Å². The minimum Gasteiger partial charge on any atom is -0.457 e. The number of carbonyl (C=O) groups is 1. The van der Waals surface area contributed by atoms with Crippen molar-refractivity contribution in [2.24, 2.45) is 0 Å². The van der Waals surface area contributed by atoms with Crippen molar-refractivity contribution in [3.05, 3.63) is 58.1 Å². The molecule has 7 heteroatoms. The lowest BCUT2D eigenvalue weighted by Gasteiger charge is -2.32. The summed E-state index contributed by atoms with van der Waals surface area (Å²) in [6, 6.07) is 10.6. The number of carbonyl (C=O) groups excluding carboxylic acids is 1. The summed E-state index contributed by atoms with van der Waals surface area (Å²) in [5, 5.41) is 11.4. The van der Waals surface area contributed by atoms with Crippen LogP contribution >= 0.6 is 0 Å². The van der Waals surface area contributed by atoms with Gasteiger partial charge in [0.05, 0.1) is 5.56 Å². The van der Waals surface area contributed by atoms with Crippen LogP contribution in [-0.4, -0.2) is 46.9 Å². The number of nitrogens with one attached hydrogen (secondary N) is 1. The maximum absolute atomic E-state index is 11.7. The number of esters is 1. The Labute approximate surface area is 175 Å². The Hall–Kier alpha value is -2.77. The van der Waals surface area contributed by atoms with Crippen LogP contribution in [0.15, 0.2) is 35.0 Å². The lowest BCUT2D eigenvalue weighted by molar-refractivity contribution is 0.0535. The molecule has 2 aromatic carbocycles. The third-order valence-corrected chi connectivity index (χ3v) is 6.48. The quantitative estimate of drug-likeness (QED) is 0.630. The molecular weight excluding hydrogens is 380 g/mol. The molecule has 0 saturated carbocycles. The van der Waals surface area contributed by atoms with Crippen LogP contribution in [0.5, 0.6) is 0 Å². The van der Waals surface area contributed by atoms with Crippen LogP contribution in [0.25, 0.3) is 11.0 Å². The Morgan fingerprint density at radius 1 is 1.13 bits per heavy atom. The highest BCUT2D eigenvalue weighted by Crippen LogP contribution is 2.26. The van der Waals surface area contributed by atoms with E-state index >= 15 is 0 Å². The molecule has 156 valence electrons. The molecule has 5 rings (SSSR count). The molecule has 0 atom stereocenters. The lowest BCUT2D eigenvalue weighted by atomic mass is 9.96. The zero-order valence-electron chi connectivity index (χ0n) is 17.2. The molecule has 2 aliphatic heterocycles. The summed E-state index contributed by atoms with van der Waals surface area (Å²) in [5.74, 6) is -0.188. The van der Waals surface area contributed by atoms with E-state index in [9.17, 15) is 4.79 Å². The highest BCUT2D eigenvalue weighted by molar-refractivity contribution is 5.93. The molecule has 1 aromatic heterocycles. The number of hydrogen-bond acceptors (Lipinski definition) is 7. The van der Waals surface area contributed by atoms with Crippen LogP contribution < -0.4 is 5.32 Å². The average Bonchev–Trinajstić information content (AvgIpc) is 3.39. The van der Waals surface area contributed by atoms with E-state index < -0.39 is 0 Å². The predicted octanol–water partition coefficient (Wildman–Crippen LogP) is 3.00. The topological polar surface area (TPSA) is 80.5 Å². The highest BCUT2D eigenvalue weighted by atomic mass is 16.6. The second-order valence-corrected chi connectivity index (χ2v) is 8.29. The van der Waals surface area contributed by atoms with Crippen molar-refractivity contribution in [2.45, 2.75) is 45.4 Å². The van der Waals surface area contributed by atoms with Crippen molar-refractivity contribution in [2.75, 3.05) is 19.6 Å². The van der Waals surface area contributed by atoms with Gasteiger partial charge in [-0.05, 0) is 84.5 Å². The molecule has 7 nitrogen and oxygen atoms in total. The van der Waals surface area contributed by atoms with E-state index in [-0.39, 0.29) is 5.97 Å². The number of aromatic nitrogens is 2. The Morgan fingerprint density at radius 2 is 1.97 bits per heavy atom. The molecule has 30 heavy (non-hydrogen) atoms. The summed E-state index contributed by atoms with van der Waals surface area (Å²) in [6.07, 6.45) is 3.32. The number of rotatable bonds is 6. The fourth-order valence-electron chi connectivity index (χ4n) is 4.51. The first-order valence-electron chi connectivity index (χ1n) is 10.6. The molecule has 0 aliphatic carbocycles. The maximum Gasteiger partial charge on any atom is 0.338 e. The van der Waals surface area contributed by atoms with Gasteiger partial charge in [0, 0.05) is 24.7 Å². The number of ether oxygens (including phenoxy) is 1. The SMILES string of the molecule is Cc1c(CCN2CCC(NCc3ccc4nonc4c3)CC2)ccc2c1COC2=O. The molecule has 3 aromatic rings. The third kappa shape index (κ3) is 3.82. The van der Waals surface area contributed by atoms with E-state index in [0.717, 1.165) is 67.6 Å². The van der Waals surface area contributed by atoms with Crippen molar-refractivity contribution in [1.82, 2.24) is 20.5 Å². The first-order chi connectivity index (χ1) is 14.7. The second-order valence-electron chi connectivity index (χ2n) is 8.29. The summed E-state index contributed by atoms with van der Waals surface area (Å²) >= 11 is 0. The van der Waals surface area contributed by atoms with Gasteiger partial charge >= 0.3 is 5.97 Å². The van der Waals surface area contributed by atoms with E-state index in [1.165, 1.54) is 16.7 Å². The minimum atomic E-state index is -0.188. The van der Waals surface area contributed by atoms with Crippen molar-refractivity contribution in [3.63, 3.8) is 0 Å². The Morgan fingerprint density at radius 3 is 2.83 bits per heavy atom. The summed E-state index contributed by atoms with van der Waals surface area (Å²) in [4.78, 5) is 14.2. The molecular formula is C23H26N4O3. The van der Waals surface area contributed by atoms with E-state index in [4.69, 9.17) is 9.37 Å². The van der Waals surface area contributed by atoms with Gasteiger partial charge in [-0.3, -0.25) is 0 Å². The smallest absolute Gasteiger partial charge is 0.338 e. The van der Waals surface area contributed by atoms with E-state index in [0.29, 0.717) is 12.6 Å². The van der Waals surface area contributed by atoms with Crippen molar-refractivity contribution < 1.29 is 14.2 Å². The first kappa shape index (κ1) is 19.2. The largest absolute Gasteiger partial charge is 0.457 e. The van der Waals surface area contributed by atoms with Crippen LogP contribution in [0.4, 0.5) is 0 Å². The van der Waals surface area contributed by atoms with Gasteiger partial charge in [-0.15, -0.1) is 0 Å². The van der Waals surface area contributed by atoms with Gasteiger partial charge in [-0.25, -0.2) is 9.42 Å². The second kappa shape index (κ2) is 8.16. The molecule has 0 radical (unpaired) electrons. The molecule has 1 fully saturated rings. The van der Waals surface area contributed by atoms with Gasteiger partial charge in [0.2, 0.25) is 0 Å². The monoisotopic (exact) mass is 406 g/mol. The average molecular weight is 406 g/mol. The molecule has 0 amide bonds. The van der Waals surface area contributed by atoms with Crippen LogP contribution in [0, 0.1) is 6.92 Å². The minimum absolute atomic E-state index is 0.188. The van der Waals surface area contributed by atoms with Crippen molar-refractivity contribution in [3.8, 4) is 0 Å². The highest BCUT2D eigenvalue weighted by Gasteiger charge is 2.24. The fraction of sp³-hybridized carbons (Fsp3) is 0.435. The number of nitrogens with zero attached hydrogens (tertiary/aromatic N) is 3. The van der Waals surface area contributed by atoms with Crippen LogP contribution in [-0.2, 0) is 24.3 Å². The first-order valence-corrected chi connectivity index (χ1v) is 10.6. The van der Waals surface area contributed by atoms with Gasteiger partial charge in [0.15, 0.2) is 0 Å². The van der Waals surface area contributed by atoms with Gasteiger partial charge in [-0.2, -0.15) is 0 Å². The maximum atomic E-state index is 11.7. The van der Waals surface area contributed by atoms with Gasteiger partial charge < -0.3 is 15.0 Å². The van der Waals surface area contributed by atoms with E-state index in [2.05, 4.69) is 39.6 Å². The Kier molecular flexibility index (Phi) is 5.23. The summed E-state index contributed by atoms with van der Waals surface area (Å²) < 4.78 is 9.94. The number of benzene rings is 2. The molecule has 0 spiro atoms. The van der Waals surface area contributed by atoms with Crippen molar-refractivity contribution >= 4 is 17.0 Å². The van der Waals surface area contributed by atoms with Crippen LogP contribution in [0.3, 0.4) is 0 Å². The lowest BCUT2D eigenvalue weighted by Crippen LogP contribution is -2.42. The molecule has 1 saturated heterocycles. The Bertz CT molecular complexity index is 1070. The van der Waals surface area contributed by atoms with Crippen LogP contribution in [0.2, 0.25) is 0 Å².